The standard InChI is InChI=1S/C12H19BrN2O2/c1-4-14-6-10-5-11(13)7-15-12(10)17-9(2)8-16-3/h5,7,9,14H,4,6,8H2,1-3H3. The summed E-state index contributed by atoms with van der Waals surface area (Å²) in [7, 11) is 1.66. The molecule has 1 aromatic heterocycles. The van der Waals surface area contributed by atoms with Gasteiger partial charge >= 0.3 is 0 Å². The van der Waals surface area contributed by atoms with Crippen molar-refractivity contribution in [2.45, 2.75) is 26.5 Å². The third-order valence-corrected chi connectivity index (χ3v) is 2.61. The Kier molecular flexibility index (Phi) is 6.47. The van der Waals surface area contributed by atoms with Gasteiger partial charge in [0.1, 0.15) is 6.10 Å². The van der Waals surface area contributed by atoms with Crippen LogP contribution < -0.4 is 10.1 Å². The van der Waals surface area contributed by atoms with Crippen LogP contribution in [0.2, 0.25) is 0 Å². The summed E-state index contributed by atoms with van der Waals surface area (Å²) in [4.78, 5) is 4.29. The Bertz CT molecular complexity index is 347. The van der Waals surface area contributed by atoms with E-state index in [1.807, 2.05) is 13.0 Å². The highest BCUT2D eigenvalue weighted by Gasteiger charge is 2.10. The molecule has 0 aliphatic carbocycles. The molecule has 17 heavy (non-hydrogen) atoms. The largest absolute Gasteiger partial charge is 0.472 e. The SMILES string of the molecule is CCNCc1cc(Br)cnc1OC(C)COC. The van der Waals surface area contributed by atoms with E-state index < -0.39 is 0 Å². The van der Waals surface area contributed by atoms with Gasteiger partial charge in [0.05, 0.1) is 6.61 Å². The third-order valence-electron chi connectivity index (χ3n) is 2.17. The van der Waals surface area contributed by atoms with Crippen LogP contribution in [0.1, 0.15) is 19.4 Å². The Morgan fingerprint density at radius 2 is 2.29 bits per heavy atom. The number of nitrogens with one attached hydrogen (secondary N) is 1. The van der Waals surface area contributed by atoms with E-state index in [0.717, 1.165) is 23.1 Å². The van der Waals surface area contributed by atoms with Crippen molar-refractivity contribution in [1.82, 2.24) is 10.3 Å². The zero-order chi connectivity index (χ0) is 12.7. The topological polar surface area (TPSA) is 43.4 Å². The number of rotatable bonds is 7. The van der Waals surface area contributed by atoms with E-state index in [1.54, 1.807) is 13.3 Å². The number of pyridine rings is 1. The maximum atomic E-state index is 5.74. The highest BCUT2D eigenvalue weighted by atomic mass is 79.9. The number of aromatic nitrogens is 1. The summed E-state index contributed by atoms with van der Waals surface area (Å²) in [5.41, 5.74) is 1.05. The molecule has 0 aliphatic heterocycles. The van der Waals surface area contributed by atoms with Gasteiger partial charge in [-0.25, -0.2) is 4.98 Å². The minimum absolute atomic E-state index is 0.00551. The first-order chi connectivity index (χ1) is 8.17. The molecule has 0 amide bonds. The first-order valence-electron chi connectivity index (χ1n) is 5.68. The fourth-order valence-corrected chi connectivity index (χ4v) is 1.80. The number of nitrogens with zero attached hydrogens (tertiary/aromatic N) is 1. The lowest BCUT2D eigenvalue weighted by molar-refractivity contribution is 0.0881. The van der Waals surface area contributed by atoms with Crippen LogP contribution in [0.3, 0.4) is 0 Å². The molecule has 0 aromatic carbocycles. The lowest BCUT2D eigenvalue weighted by Crippen LogP contribution is -2.21. The average Bonchev–Trinajstić information content (AvgIpc) is 2.30. The maximum Gasteiger partial charge on any atom is 0.218 e. The fourth-order valence-electron chi connectivity index (χ4n) is 1.42. The van der Waals surface area contributed by atoms with Crippen LogP contribution in [0.15, 0.2) is 16.7 Å². The summed E-state index contributed by atoms with van der Waals surface area (Å²) in [6, 6.07) is 2.02. The summed E-state index contributed by atoms with van der Waals surface area (Å²) in [5, 5.41) is 3.27. The van der Waals surface area contributed by atoms with Gasteiger partial charge in [0.2, 0.25) is 5.88 Å². The molecule has 0 bridgehead atoms. The van der Waals surface area contributed by atoms with Crippen LogP contribution in [-0.2, 0) is 11.3 Å². The molecule has 96 valence electrons. The van der Waals surface area contributed by atoms with Crippen LogP contribution in [-0.4, -0.2) is 31.3 Å². The van der Waals surface area contributed by atoms with Crippen LogP contribution in [0.25, 0.3) is 0 Å². The Balaban J connectivity index is 2.74. The summed E-state index contributed by atoms with van der Waals surface area (Å²) in [5.74, 6) is 0.665. The molecule has 1 N–H and O–H groups in total. The molecule has 1 aromatic rings. The van der Waals surface area contributed by atoms with Gasteiger partial charge in [0, 0.05) is 29.9 Å². The van der Waals surface area contributed by atoms with Gasteiger partial charge in [-0.3, -0.25) is 0 Å². The van der Waals surface area contributed by atoms with Gasteiger partial charge in [0.15, 0.2) is 0 Å². The molecular formula is C12H19BrN2O2. The van der Waals surface area contributed by atoms with E-state index >= 15 is 0 Å². The minimum atomic E-state index is -0.00551. The Hall–Kier alpha value is -0.650. The zero-order valence-corrected chi connectivity index (χ0v) is 12.1. The van der Waals surface area contributed by atoms with Gasteiger partial charge in [-0.05, 0) is 35.5 Å². The molecule has 0 fully saturated rings. The Morgan fingerprint density at radius 3 is 2.94 bits per heavy atom. The molecule has 4 nitrogen and oxygen atoms in total. The van der Waals surface area contributed by atoms with Crippen LogP contribution >= 0.6 is 15.9 Å². The van der Waals surface area contributed by atoms with Gasteiger partial charge in [0.25, 0.3) is 0 Å². The monoisotopic (exact) mass is 302 g/mol. The van der Waals surface area contributed by atoms with Crippen molar-refractivity contribution >= 4 is 15.9 Å². The second-order valence-electron chi connectivity index (χ2n) is 3.78. The van der Waals surface area contributed by atoms with Crippen molar-refractivity contribution in [3.63, 3.8) is 0 Å². The first-order valence-corrected chi connectivity index (χ1v) is 6.47. The van der Waals surface area contributed by atoms with Crippen molar-refractivity contribution in [3.05, 3.63) is 22.3 Å². The molecule has 5 heteroatoms. The van der Waals surface area contributed by atoms with E-state index in [0.29, 0.717) is 12.5 Å². The van der Waals surface area contributed by atoms with Crippen molar-refractivity contribution in [2.24, 2.45) is 0 Å². The molecule has 1 rings (SSSR count). The second-order valence-corrected chi connectivity index (χ2v) is 4.70. The van der Waals surface area contributed by atoms with Crippen LogP contribution in [0.4, 0.5) is 0 Å². The molecule has 0 spiro atoms. The molecule has 0 saturated heterocycles. The minimum Gasteiger partial charge on any atom is -0.472 e. The summed E-state index contributed by atoms with van der Waals surface area (Å²) in [6.45, 7) is 6.25. The summed E-state index contributed by atoms with van der Waals surface area (Å²) in [6.07, 6.45) is 1.73. The number of halogens is 1. The van der Waals surface area contributed by atoms with Crippen LogP contribution in [0.5, 0.6) is 5.88 Å². The van der Waals surface area contributed by atoms with E-state index in [-0.39, 0.29) is 6.10 Å². The Labute approximate surface area is 111 Å². The summed E-state index contributed by atoms with van der Waals surface area (Å²) >= 11 is 3.41. The molecule has 0 saturated carbocycles. The van der Waals surface area contributed by atoms with E-state index in [4.69, 9.17) is 9.47 Å². The van der Waals surface area contributed by atoms with E-state index in [2.05, 4.69) is 33.2 Å². The van der Waals surface area contributed by atoms with Crippen LogP contribution in [0, 0.1) is 0 Å². The maximum absolute atomic E-state index is 5.74. The fraction of sp³-hybridized carbons (Fsp3) is 0.583. The van der Waals surface area contributed by atoms with Gasteiger partial charge < -0.3 is 14.8 Å². The van der Waals surface area contributed by atoms with Gasteiger partial charge in [-0.2, -0.15) is 0 Å². The van der Waals surface area contributed by atoms with Crippen molar-refractivity contribution in [2.75, 3.05) is 20.3 Å². The lowest BCUT2D eigenvalue weighted by atomic mass is 10.2. The van der Waals surface area contributed by atoms with Crippen molar-refractivity contribution < 1.29 is 9.47 Å². The highest BCUT2D eigenvalue weighted by molar-refractivity contribution is 9.10. The first kappa shape index (κ1) is 14.4. The Morgan fingerprint density at radius 1 is 1.53 bits per heavy atom. The summed E-state index contributed by atoms with van der Waals surface area (Å²) < 4.78 is 11.7. The molecule has 0 radical (unpaired) electrons. The molecule has 0 aliphatic rings. The molecular weight excluding hydrogens is 284 g/mol. The van der Waals surface area contributed by atoms with E-state index in [9.17, 15) is 0 Å². The number of hydrogen-bond donors (Lipinski definition) is 1. The number of ether oxygens (including phenoxy) is 2. The average molecular weight is 303 g/mol. The normalized spacial score (nSPS) is 12.5. The smallest absolute Gasteiger partial charge is 0.218 e. The molecule has 1 atom stereocenters. The predicted octanol–water partition coefficient (Wildman–Crippen LogP) is 2.37. The molecule has 1 heterocycles. The van der Waals surface area contributed by atoms with Crippen molar-refractivity contribution in [3.8, 4) is 5.88 Å². The zero-order valence-electron chi connectivity index (χ0n) is 10.5. The lowest BCUT2D eigenvalue weighted by Gasteiger charge is -2.16. The van der Waals surface area contributed by atoms with Crippen molar-refractivity contribution in [1.29, 1.82) is 0 Å². The number of methoxy groups -OCH3 is 1. The quantitative estimate of drug-likeness (QED) is 0.840. The second kappa shape index (κ2) is 7.63. The predicted molar refractivity (Wildman–Crippen MR) is 71.3 cm³/mol. The molecule has 1 unspecified atom stereocenters. The van der Waals surface area contributed by atoms with Gasteiger partial charge in [-0.15, -0.1) is 0 Å². The highest BCUT2D eigenvalue weighted by Crippen LogP contribution is 2.21. The number of hydrogen-bond acceptors (Lipinski definition) is 4. The van der Waals surface area contributed by atoms with E-state index in [1.165, 1.54) is 0 Å². The van der Waals surface area contributed by atoms with Gasteiger partial charge in [-0.1, -0.05) is 6.92 Å². The third kappa shape index (κ3) is 5.02.